The summed E-state index contributed by atoms with van der Waals surface area (Å²) < 4.78 is 5.19. The lowest BCUT2D eigenvalue weighted by Crippen LogP contribution is -2.20. The molecule has 0 radical (unpaired) electrons. The Labute approximate surface area is 116 Å². The molecule has 102 valence electrons. The first-order chi connectivity index (χ1) is 8.72. The minimum Gasteiger partial charge on any atom is -0.495 e. The number of ether oxygens (including phenoxy) is 1. The Kier molecular flexibility index (Phi) is 7.14. The zero-order valence-corrected chi connectivity index (χ0v) is 12.4. The minimum atomic E-state index is 0.393. The van der Waals surface area contributed by atoms with E-state index >= 15 is 0 Å². The van der Waals surface area contributed by atoms with E-state index in [4.69, 9.17) is 16.3 Å². The average Bonchev–Trinajstić information content (AvgIpc) is 2.38. The van der Waals surface area contributed by atoms with Crippen LogP contribution in [0.25, 0.3) is 0 Å². The van der Waals surface area contributed by atoms with Crippen LogP contribution in [-0.4, -0.2) is 13.7 Å². The molecule has 18 heavy (non-hydrogen) atoms. The molecule has 1 N–H and O–H groups in total. The summed E-state index contributed by atoms with van der Waals surface area (Å²) in [5.74, 6) is 0.740. The van der Waals surface area contributed by atoms with Gasteiger partial charge in [0.1, 0.15) is 5.75 Å². The number of hydrogen-bond donors (Lipinski definition) is 1. The Bertz CT molecular complexity index is 354. The van der Waals surface area contributed by atoms with Crippen LogP contribution in [-0.2, 0) is 0 Å². The van der Waals surface area contributed by atoms with E-state index < -0.39 is 0 Å². The van der Waals surface area contributed by atoms with Crippen LogP contribution in [0, 0.1) is 0 Å². The van der Waals surface area contributed by atoms with Gasteiger partial charge in [0.25, 0.3) is 0 Å². The van der Waals surface area contributed by atoms with Crippen molar-refractivity contribution < 1.29 is 4.74 Å². The Hall–Kier alpha value is -0.730. The van der Waals surface area contributed by atoms with Gasteiger partial charge in [0.2, 0.25) is 0 Å². The Balaban J connectivity index is 2.74. The van der Waals surface area contributed by atoms with Gasteiger partial charge in [-0.1, -0.05) is 50.8 Å². The van der Waals surface area contributed by atoms with Crippen molar-refractivity contribution in [2.24, 2.45) is 0 Å². The number of hydrogen-bond acceptors (Lipinski definition) is 2. The highest BCUT2D eigenvalue weighted by Crippen LogP contribution is 2.29. The zero-order valence-electron chi connectivity index (χ0n) is 11.6. The van der Waals surface area contributed by atoms with Crippen molar-refractivity contribution in [1.82, 2.24) is 5.32 Å². The predicted molar refractivity (Wildman–Crippen MR) is 78.6 cm³/mol. The third-order valence-electron chi connectivity index (χ3n) is 3.13. The van der Waals surface area contributed by atoms with E-state index in [1.807, 2.05) is 12.1 Å². The number of methoxy groups -OCH3 is 1. The lowest BCUT2D eigenvalue weighted by molar-refractivity contribution is 0.414. The summed E-state index contributed by atoms with van der Waals surface area (Å²) in [5.41, 5.74) is 1.25. The monoisotopic (exact) mass is 269 g/mol. The Morgan fingerprint density at radius 2 is 2.06 bits per heavy atom. The largest absolute Gasteiger partial charge is 0.495 e. The molecule has 0 aliphatic rings. The topological polar surface area (TPSA) is 21.3 Å². The summed E-state index contributed by atoms with van der Waals surface area (Å²) in [6.45, 7) is 5.34. The molecule has 0 saturated carbocycles. The van der Waals surface area contributed by atoms with Gasteiger partial charge >= 0.3 is 0 Å². The molecule has 0 spiro atoms. The van der Waals surface area contributed by atoms with Gasteiger partial charge in [-0.2, -0.15) is 0 Å². The molecule has 1 atom stereocenters. The molecule has 1 unspecified atom stereocenters. The Morgan fingerprint density at radius 1 is 1.28 bits per heavy atom. The molecule has 0 aliphatic carbocycles. The van der Waals surface area contributed by atoms with Crippen LogP contribution in [0.15, 0.2) is 18.2 Å². The number of rotatable bonds is 8. The first-order valence-corrected chi connectivity index (χ1v) is 7.17. The van der Waals surface area contributed by atoms with Crippen molar-refractivity contribution in [2.75, 3.05) is 13.7 Å². The molecule has 1 rings (SSSR count). The molecular weight excluding hydrogens is 246 g/mol. The van der Waals surface area contributed by atoms with Crippen molar-refractivity contribution in [3.05, 3.63) is 28.8 Å². The highest BCUT2D eigenvalue weighted by molar-refractivity contribution is 6.32. The van der Waals surface area contributed by atoms with Gasteiger partial charge in [0, 0.05) is 6.04 Å². The summed E-state index contributed by atoms with van der Waals surface area (Å²) in [6, 6.07) is 6.45. The summed E-state index contributed by atoms with van der Waals surface area (Å²) in [6.07, 6.45) is 4.94. The molecule has 1 aromatic rings. The van der Waals surface area contributed by atoms with Crippen LogP contribution in [0.3, 0.4) is 0 Å². The molecular formula is C15H24ClNO. The number of benzene rings is 1. The lowest BCUT2D eigenvalue weighted by Gasteiger charge is -2.19. The van der Waals surface area contributed by atoms with E-state index in [9.17, 15) is 0 Å². The standard InChI is InChI=1S/C15H24ClNO/c1-4-6-7-8-14(17-5-2)12-9-10-15(18-3)13(16)11-12/h9-11,14,17H,4-8H2,1-3H3. The van der Waals surface area contributed by atoms with Crippen molar-refractivity contribution >= 4 is 11.6 Å². The molecule has 3 heteroatoms. The fourth-order valence-electron chi connectivity index (χ4n) is 2.13. The smallest absolute Gasteiger partial charge is 0.137 e. The van der Waals surface area contributed by atoms with E-state index in [-0.39, 0.29) is 0 Å². The highest BCUT2D eigenvalue weighted by atomic mass is 35.5. The second-order valence-electron chi connectivity index (χ2n) is 4.50. The fraction of sp³-hybridized carbons (Fsp3) is 0.600. The van der Waals surface area contributed by atoms with Crippen LogP contribution in [0.1, 0.15) is 51.1 Å². The summed E-state index contributed by atoms with van der Waals surface area (Å²) in [4.78, 5) is 0. The zero-order chi connectivity index (χ0) is 13.4. The highest BCUT2D eigenvalue weighted by Gasteiger charge is 2.11. The molecule has 1 aromatic carbocycles. The molecule has 0 bridgehead atoms. The molecule has 0 aromatic heterocycles. The predicted octanol–water partition coefficient (Wildman–Crippen LogP) is 4.58. The summed E-state index contributed by atoms with van der Waals surface area (Å²) in [5, 5.41) is 4.21. The second kappa shape index (κ2) is 8.39. The minimum absolute atomic E-state index is 0.393. The van der Waals surface area contributed by atoms with Gasteiger partial charge in [-0.3, -0.25) is 0 Å². The first kappa shape index (κ1) is 15.3. The van der Waals surface area contributed by atoms with Crippen molar-refractivity contribution in [3.8, 4) is 5.75 Å². The van der Waals surface area contributed by atoms with Gasteiger partial charge in [0.05, 0.1) is 12.1 Å². The SMILES string of the molecule is CCCCCC(NCC)c1ccc(OC)c(Cl)c1. The number of halogens is 1. The average molecular weight is 270 g/mol. The van der Waals surface area contributed by atoms with E-state index in [1.54, 1.807) is 7.11 Å². The van der Waals surface area contributed by atoms with Gasteiger partial charge in [-0.15, -0.1) is 0 Å². The van der Waals surface area contributed by atoms with Crippen LogP contribution in [0.5, 0.6) is 5.75 Å². The second-order valence-corrected chi connectivity index (χ2v) is 4.91. The van der Waals surface area contributed by atoms with Crippen LogP contribution < -0.4 is 10.1 Å². The van der Waals surface area contributed by atoms with Crippen molar-refractivity contribution in [2.45, 2.75) is 45.6 Å². The van der Waals surface area contributed by atoms with E-state index in [2.05, 4.69) is 25.2 Å². The molecule has 0 amide bonds. The summed E-state index contributed by atoms with van der Waals surface area (Å²) >= 11 is 6.18. The maximum absolute atomic E-state index is 6.18. The van der Waals surface area contributed by atoms with E-state index in [1.165, 1.54) is 24.8 Å². The normalized spacial score (nSPS) is 12.4. The van der Waals surface area contributed by atoms with Crippen LogP contribution in [0.4, 0.5) is 0 Å². The third kappa shape index (κ3) is 4.51. The number of nitrogens with one attached hydrogen (secondary N) is 1. The molecule has 0 fully saturated rings. The van der Waals surface area contributed by atoms with Gasteiger partial charge < -0.3 is 10.1 Å². The quantitative estimate of drug-likeness (QED) is 0.698. The van der Waals surface area contributed by atoms with Crippen molar-refractivity contribution in [3.63, 3.8) is 0 Å². The molecule has 0 saturated heterocycles. The molecule has 0 heterocycles. The van der Waals surface area contributed by atoms with Gasteiger partial charge in [0.15, 0.2) is 0 Å². The van der Waals surface area contributed by atoms with Gasteiger partial charge in [-0.25, -0.2) is 0 Å². The van der Waals surface area contributed by atoms with Crippen LogP contribution >= 0.6 is 11.6 Å². The molecule has 2 nitrogen and oxygen atoms in total. The maximum Gasteiger partial charge on any atom is 0.137 e. The van der Waals surface area contributed by atoms with E-state index in [0.717, 1.165) is 18.7 Å². The van der Waals surface area contributed by atoms with E-state index in [0.29, 0.717) is 11.1 Å². The van der Waals surface area contributed by atoms with Crippen molar-refractivity contribution in [1.29, 1.82) is 0 Å². The van der Waals surface area contributed by atoms with Crippen LogP contribution in [0.2, 0.25) is 5.02 Å². The fourth-order valence-corrected chi connectivity index (χ4v) is 2.40. The summed E-state index contributed by atoms with van der Waals surface area (Å²) in [7, 11) is 1.64. The maximum atomic E-state index is 6.18. The third-order valence-corrected chi connectivity index (χ3v) is 3.42. The van der Waals surface area contributed by atoms with Gasteiger partial charge in [-0.05, 0) is 30.7 Å². The Morgan fingerprint density at radius 3 is 2.61 bits per heavy atom. The number of unbranched alkanes of at least 4 members (excludes halogenated alkanes) is 2. The molecule has 0 aliphatic heterocycles. The first-order valence-electron chi connectivity index (χ1n) is 6.79. The lowest BCUT2D eigenvalue weighted by atomic mass is 10.0.